The van der Waals surface area contributed by atoms with Gasteiger partial charge in [0.25, 0.3) is 11.5 Å². The van der Waals surface area contributed by atoms with E-state index < -0.39 is 0 Å². The lowest BCUT2D eigenvalue weighted by Crippen LogP contribution is -2.24. The lowest BCUT2D eigenvalue weighted by Gasteiger charge is -2.13. The molecule has 1 heterocycles. The third-order valence-electron chi connectivity index (χ3n) is 5.32. The maximum Gasteiger partial charge on any atom is 0.266 e. The molecule has 0 bridgehead atoms. The minimum absolute atomic E-state index is 0.0270. The number of hydrogen-bond acceptors (Lipinski definition) is 7. The van der Waals surface area contributed by atoms with Crippen molar-refractivity contribution in [1.82, 2.24) is 15.0 Å². The summed E-state index contributed by atoms with van der Waals surface area (Å²) >= 11 is 1.12. The number of methoxy groups -OCH3 is 1. The van der Waals surface area contributed by atoms with E-state index >= 15 is 0 Å². The van der Waals surface area contributed by atoms with Crippen LogP contribution in [-0.2, 0) is 11.2 Å². The van der Waals surface area contributed by atoms with Crippen molar-refractivity contribution >= 4 is 34.8 Å². The smallest absolute Gasteiger partial charge is 0.266 e. The van der Waals surface area contributed by atoms with E-state index in [1.54, 1.807) is 73.8 Å². The molecule has 0 unspecified atom stereocenters. The molecule has 0 aliphatic rings. The van der Waals surface area contributed by atoms with Crippen LogP contribution in [0.2, 0.25) is 0 Å². The monoisotopic (exact) mass is 500 g/mol. The number of rotatable bonds is 9. The Morgan fingerprint density at radius 2 is 1.94 bits per heavy atom. The largest absolute Gasteiger partial charge is 0.507 e. The summed E-state index contributed by atoms with van der Waals surface area (Å²) in [5, 5.41) is 15.1. The number of nitrogens with zero attached hydrogens (tertiary/aromatic N) is 3. The Kier molecular flexibility index (Phi) is 7.82. The molecule has 0 fully saturated rings. The minimum atomic E-state index is -0.387. The summed E-state index contributed by atoms with van der Waals surface area (Å²) in [5.74, 6) is 0.337. The zero-order chi connectivity index (χ0) is 25.5. The molecule has 0 spiro atoms. The average Bonchev–Trinajstić information content (AvgIpc) is 2.90. The molecule has 2 N–H and O–H groups in total. The Labute approximate surface area is 212 Å². The molecular weight excluding hydrogens is 476 g/mol. The van der Waals surface area contributed by atoms with Crippen LogP contribution in [0.3, 0.4) is 0 Å². The van der Waals surface area contributed by atoms with E-state index in [9.17, 15) is 14.7 Å². The standard InChI is InChI=1S/C27H24N4O4S/c1-3-7-18-8-6-9-19(25(18)33)16-28-30-24(32)17-36-27-29-23-11-5-4-10-22(23)26(34)31(27)20-12-14-21(35-2)15-13-20/h3-6,8-16,33H,1,7,17H2,2H3,(H,30,32). The lowest BCUT2D eigenvalue weighted by molar-refractivity contribution is -0.118. The highest BCUT2D eigenvalue weighted by molar-refractivity contribution is 7.99. The quantitative estimate of drug-likeness (QED) is 0.118. The number of fused-ring (bicyclic) bond motifs is 1. The van der Waals surface area contributed by atoms with Gasteiger partial charge in [-0.15, -0.1) is 6.58 Å². The maximum absolute atomic E-state index is 13.3. The molecule has 36 heavy (non-hydrogen) atoms. The van der Waals surface area contributed by atoms with Gasteiger partial charge in [-0.1, -0.05) is 42.1 Å². The molecule has 0 atom stereocenters. The first-order valence-electron chi connectivity index (χ1n) is 11.0. The first-order chi connectivity index (χ1) is 17.5. The van der Waals surface area contributed by atoms with E-state index in [0.29, 0.717) is 39.5 Å². The maximum atomic E-state index is 13.3. The Morgan fingerprint density at radius 1 is 1.17 bits per heavy atom. The van der Waals surface area contributed by atoms with Crippen LogP contribution in [0, 0.1) is 0 Å². The van der Waals surface area contributed by atoms with Gasteiger partial charge in [-0.2, -0.15) is 5.10 Å². The molecule has 0 radical (unpaired) electrons. The molecule has 0 saturated carbocycles. The highest BCUT2D eigenvalue weighted by Gasteiger charge is 2.15. The van der Waals surface area contributed by atoms with Crippen LogP contribution in [0.15, 0.2) is 94.4 Å². The van der Waals surface area contributed by atoms with Crippen LogP contribution in [0.25, 0.3) is 16.6 Å². The summed E-state index contributed by atoms with van der Waals surface area (Å²) in [4.78, 5) is 30.4. The van der Waals surface area contributed by atoms with Gasteiger partial charge >= 0.3 is 0 Å². The molecule has 8 nitrogen and oxygen atoms in total. The Morgan fingerprint density at radius 3 is 2.69 bits per heavy atom. The molecule has 182 valence electrons. The number of phenols is 1. The number of aromatic nitrogens is 2. The average molecular weight is 501 g/mol. The Balaban J connectivity index is 1.54. The van der Waals surface area contributed by atoms with Crippen molar-refractivity contribution in [3.63, 3.8) is 0 Å². The number of allylic oxidation sites excluding steroid dienone is 1. The number of para-hydroxylation sites is 2. The number of phenolic OH excluding ortho intramolecular Hbond substituents is 1. The summed E-state index contributed by atoms with van der Waals surface area (Å²) < 4.78 is 6.69. The van der Waals surface area contributed by atoms with Crippen molar-refractivity contribution in [3.8, 4) is 17.2 Å². The van der Waals surface area contributed by atoms with Crippen LogP contribution in [0.4, 0.5) is 0 Å². The zero-order valence-corrected chi connectivity index (χ0v) is 20.4. The fourth-order valence-corrected chi connectivity index (χ4v) is 4.34. The predicted molar refractivity (Wildman–Crippen MR) is 142 cm³/mol. The number of hydrogen-bond donors (Lipinski definition) is 2. The lowest BCUT2D eigenvalue weighted by atomic mass is 10.1. The SMILES string of the molecule is C=CCc1cccc(C=NNC(=O)CSc2nc3ccccc3c(=O)n2-c2ccc(OC)cc2)c1O. The summed E-state index contributed by atoms with van der Waals surface area (Å²) in [6.07, 6.45) is 3.60. The molecule has 4 rings (SSSR count). The second kappa shape index (κ2) is 11.4. The van der Waals surface area contributed by atoms with Crippen LogP contribution < -0.4 is 15.7 Å². The molecule has 1 amide bonds. The van der Waals surface area contributed by atoms with Crippen molar-refractivity contribution < 1.29 is 14.6 Å². The topological polar surface area (TPSA) is 106 Å². The van der Waals surface area contributed by atoms with Gasteiger partial charge in [-0.3, -0.25) is 14.2 Å². The summed E-state index contributed by atoms with van der Waals surface area (Å²) in [5.41, 5.74) is 4.56. The highest BCUT2D eigenvalue weighted by Crippen LogP contribution is 2.23. The van der Waals surface area contributed by atoms with E-state index in [1.807, 2.05) is 6.07 Å². The van der Waals surface area contributed by atoms with E-state index in [2.05, 4.69) is 22.1 Å². The summed E-state index contributed by atoms with van der Waals surface area (Å²) in [6.45, 7) is 3.68. The van der Waals surface area contributed by atoms with Crippen LogP contribution in [0.1, 0.15) is 11.1 Å². The molecule has 1 aromatic heterocycles. The second-order valence-electron chi connectivity index (χ2n) is 7.68. The molecule has 0 saturated heterocycles. The van der Waals surface area contributed by atoms with Gasteiger partial charge in [0, 0.05) is 5.56 Å². The van der Waals surface area contributed by atoms with Crippen molar-refractivity contribution in [3.05, 3.63) is 101 Å². The van der Waals surface area contributed by atoms with Crippen molar-refractivity contribution in [2.45, 2.75) is 11.6 Å². The fourth-order valence-electron chi connectivity index (χ4n) is 3.54. The third kappa shape index (κ3) is 5.47. The number of hydrazone groups is 1. The highest BCUT2D eigenvalue weighted by atomic mass is 32.2. The first kappa shape index (κ1) is 24.7. The number of carbonyl (C=O) groups excluding carboxylic acids is 1. The summed E-state index contributed by atoms with van der Waals surface area (Å²) in [6, 6.07) is 19.4. The molecular formula is C27H24N4O4S. The van der Waals surface area contributed by atoms with E-state index in [1.165, 1.54) is 10.8 Å². The zero-order valence-electron chi connectivity index (χ0n) is 19.5. The van der Waals surface area contributed by atoms with E-state index in [4.69, 9.17) is 4.74 Å². The van der Waals surface area contributed by atoms with Gasteiger partial charge in [0.2, 0.25) is 0 Å². The van der Waals surface area contributed by atoms with Gasteiger partial charge in [0.1, 0.15) is 11.5 Å². The van der Waals surface area contributed by atoms with Gasteiger partial charge in [-0.05, 0) is 54.4 Å². The van der Waals surface area contributed by atoms with E-state index in [0.717, 1.165) is 17.3 Å². The van der Waals surface area contributed by atoms with Gasteiger partial charge in [-0.25, -0.2) is 10.4 Å². The van der Waals surface area contributed by atoms with Gasteiger partial charge in [0.05, 0.1) is 35.7 Å². The normalized spacial score (nSPS) is 11.0. The van der Waals surface area contributed by atoms with Gasteiger partial charge < -0.3 is 9.84 Å². The molecule has 9 heteroatoms. The van der Waals surface area contributed by atoms with Crippen molar-refractivity contribution in [1.29, 1.82) is 0 Å². The number of ether oxygens (including phenoxy) is 1. The molecule has 3 aromatic carbocycles. The first-order valence-corrected chi connectivity index (χ1v) is 12.0. The van der Waals surface area contributed by atoms with Crippen molar-refractivity contribution in [2.75, 3.05) is 12.9 Å². The Hall–Kier alpha value is -4.37. The van der Waals surface area contributed by atoms with E-state index in [-0.39, 0.29) is 23.0 Å². The Bertz CT molecular complexity index is 1500. The number of carbonyl (C=O) groups is 1. The second-order valence-corrected chi connectivity index (χ2v) is 8.62. The number of benzene rings is 3. The van der Waals surface area contributed by atoms with Crippen LogP contribution >= 0.6 is 11.8 Å². The molecule has 4 aromatic rings. The number of thioether (sulfide) groups is 1. The minimum Gasteiger partial charge on any atom is -0.507 e. The van der Waals surface area contributed by atoms with Crippen LogP contribution in [-0.4, -0.2) is 39.6 Å². The number of nitrogens with one attached hydrogen (secondary N) is 1. The summed E-state index contributed by atoms with van der Waals surface area (Å²) in [7, 11) is 1.57. The predicted octanol–water partition coefficient (Wildman–Crippen LogP) is 4.07. The number of aromatic hydroxyl groups is 1. The third-order valence-corrected chi connectivity index (χ3v) is 6.25. The fraction of sp³-hybridized carbons (Fsp3) is 0.111. The van der Waals surface area contributed by atoms with Crippen molar-refractivity contribution in [2.24, 2.45) is 5.10 Å². The molecule has 0 aliphatic heterocycles. The molecule has 0 aliphatic carbocycles. The number of amides is 1. The van der Waals surface area contributed by atoms with Gasteiger partial charge in [0.15, 0.2) is 5.16 Å². The van der Waals surface area contributed by atoms with Crippen LogP contribution in [0.5, 0.6) is 11.5 Å².